The summed E-state index contributed by atoms with van der Waals surface area (Å²) in [7, 11) is 0. The van der Waals surface area contributed by atoms with E-state index in [1.165, 1.54) is 0 Å². The number of hydrogen-bond acceptors (Lipinski definition) is 4. The van der Waals surface area contributed by atoms with Crippen molar-refractivity contribution in [3.05, 3.63) is 23.6 Å². The van der Waals surface area contributed by atoms with Crippen molar-refractivity contribution in [2.45, 2.75) is 58.2 Å². The van der Waals surface area contributed by atoms with E-state index in [2.05, 4.69) is 43.3 Å². The Labute approximate surface area is 126 Å². The zero-order chi connectivity index (χ0) is 15.5. The van der Waals surface area contributed by atoms with Crippen molar-refractivity contribution in [1.82, 2.24) is 10.3 Å². The Kier molecular flexibility index (Phi) is 4.84. The summed E-state index contributed by atoms with van der Waals surface area (Å²) in [5.41, 5.74) is 0.441. The Balaban J connectivity index is 2.10. The van der Waals surface area contributed by atoms with Gasteiger partial charge in [0.2, 0.25) is 0 Å². The van der Waals surface area contributed by atoms with Gasteiger partial charge < -0.3 is 15.4 Å². The molecule has 4 nitrogen and oxygen atoms in total. The number of aromatic nitrogens is 1. The third-order valence-electron chi connectivity index (χ3n) is 3.79. The predicted molar refractivity (Wildman–Crippen MR) is 82.9 cm³/mol. The summed E-state index contributed by atoms with van der Waals surface area (Å²) in [6.45, 7) is 10.2. The van der Waals surface area contributed by atoms with E-state index in [4.69, 9.17) is 4.74 Å². The third kappa shape index (κ3) is 4.64. The first-order valence-electron chi connectivity index (χ1n) is 7.53. The highest BCUT2D eigenvalue weighted by Crippen LogP contribution is 2.26. The van der Waals surface area contributed by atoms with Crippen molar-refractivity contribution < 1.29 is 9.13 Å². The zero-order valence-corrected chi connectivity index (χ0v) is 13.4. The van der Waals surface area contributed by atoms with Crippen molar-refractivity contribution in [3.8, 4) is 0 Å². The van der Waals surface area contributed by atoms with Gasteiger partial charge in [0.15, 0.2) is 11.6 Å². The maximum Gasteiger partial charge on any atom is 0.169 e. The maximum atomic E-state index is 14.6. The molecule has 0 atom stereocenters. The minimum Gasteiger partial charge on any atom is -0.381 e. The van der Waals surface area contributed by atoms with E-state index >= 15 is 0 Å². The van der Waals surface area contributed by atoms with Gasteiger partial charge in [0.25, 0.3) is 0 Å². The molecule has 0 saturated carbocycles. The number of nitrogens with one attached hydrogen (secondary N) is 2. The molecule has 1 aliphatic heterocycles. The molecule has 2 N–H and O–H groups in total. The van der Waals surface area contributed by atoms with Crippen molar-refractivity contribution in [2.75, 3.05) is 18.5 Å². The molecule has 0 radical (unpaired) electrons. The smallest absolute Gasteiger partial charge is 0.169 e. The summed E-state index contributed by atoms with van der Waals surface area (Å²) in [6.07, 6.45) is 3.38. The highest BCUT2D eigenvalue weighted by molar-refractivity contribution is 5.42. The number of nitrogens with zero attached hydrogens (tertiary/aromatic N) is 1. The molecule has 21 heavy (non-hydrogen) atoms. The lowest BCUT2D eigenvalue weighted by Gasteiger charge is -2.35. The summed E-state index contributed by atoms with van der Waals surface area (Å²) in [4.78, 5) is 4.17. The first-order chi connectivity index (χ1) is 9.79. The molecule has 0 aromatic carbocycles. The van der Waals surface area contributed by atoms with Gasteiger partial charge in [-0.15, -0.1) is 0 Å². The van der Waals surface area contributed by atoms with Gasteiger partial charge in [0.05, 0.1) is 0 Å². The number of anilines is 1. The highest BCUT2D eigenvalue weighted by atomic mass is 19.1. The lowest BCUT2D eigenvalue weighted by Crippen LogP contribution is -2.41. The minimum atomic E-state index is -0.262. The maximum absolute atomic E-state index is 14.6. The van der Waals surface area contributed by atoms with E-state index in [0.717, 1.165) is 12.8 Å². The van der Waals surface area contributed by atoms with Gasteiger partial charge in [-0.25, -0.2) is 9.37 Å². The molecule has 2 rings (SSSR count). The van der Waals surface area contributed by atoms with Gasteiger partial charge in [0, 0.05) is 42.6 Å². The number of hydrogen-bond donors (Lipinski definition) is 2. The average molecular weight is 295 g/mol. The summed E-state index contributed by atoms with van der Waals surface area (Å²) in [6, 6.07) is 1.73. The van der Waals surface area contributed by atoms with Crippen LogP contribution < -0.4 is 10.6 Å². The average Bonchev–Trinajstić information content (AvgIpc) is 2.39. The summed E-state index contributed by atoms with van der Waals surface area (Å²) in [5.74, 6) is 0.0783. The van der Waals surface area contributed by atoms with E-state index in [0.29, 0.717) is 31.1 Å². The van der Waals surface area contributed by atoms with Gasteiger partial charge in [0.1, 0.15) is 0 Å². The van der Waals surface area contributed by atoms with Crippen LogP contribution in [0.3, 0.4) is 0 Å². The van der Waals surface area contributed by atoms with Crippen molar-refractivity contribution in [2.24, 2.45) is 0 Å². The third-order valence-corrected chi connectivity index (χ3v) is 3.79. The number of rotatable bonds is 4. The van der Waals surface area contributed by atoms with Gasteiger partial charge >= 0.3 is 0 Å². The molecule has 0 amide bonds. The zero-order valence-electron chi connectivity index (χ0n) is 13.4. The molecule has 1 aromatic rings. The number of ether oxygens (including phenoxy) is 1. The molecular formula is C16H26FN3O. The Bertz CT molecular complexity index is 479. The minimum absolute atomic E-state index is 0.0456. The van der Waals surface area contributed by atoms with Crippen LogP contribution in [0.25, 0.3) is 0 Å². The van der Waals surface area contributed by atoms with E-state index < -0.39 is 0 Å². The SMILES string of the molecule is CC(C)(C)NCc1ccnc(NC2(C)CCOCC2)c1F. The van der Waals surface area contributed by atoms with Crippen LogP contribution in [0.2, 0.25) is 0 Å². The molecule has 0 bridgehead atoms. The van der Waals surface area contributed by atoms with E-state index in [9.17, 15) is 4.39 Å². The quantitative estimate of drug-likeness (QED) is 0.896. The van der Waals surface area contributed by atoms with Gasteiger partial charge in [-0.3, -0.25) is 0 Å². The molecule has 1 fully saturated rings. The molecule has 0 unspecified atom stereocenters. The lowest BCUT2D eigenvalue weighted by atomic mass is 9.92. The summed E-state index contributed by atoms with van der Waals surface area (Å²) < 4.78 is 19.9. The van der Waals surface area contributed by atoms with Crippen molar-refractivity contribution >= 4 is 5.82 Å². The standard InChI is InChI=1S/C16H26FN3O/c1-15(2,3)19-11-12-5-8-18-14(13(12)17)20-16(4)6-9-21-10-7-16/h5,8,19H,6-7,9-11H2,1-4H3,(H,18,20). The van der Waals surface area contributed by atoms with Crippen LogP contribution in [0.5, 0.6) is 0 Å². The van der Waals surface area contributed by atoms with Crippen molar-refractivity contribution in [3.63, 3.8) is 0 Å². The monoisotopic (exact) mass is 295 g/mol. The van der Waals surface area contributed by atoms with Crippen LogP contribution >= 0.6 is 0 Å². The number of halogens is 1. The fourth-order valence-corrected chi connectivity index (χ4v) is 2.30. The molecule has 2 heterocycles. The van der Waals surface area contributed by atoms with Crippen LogP contribution in [0.1, 0.15) is 46.1 Å². The summed E-state index contributed by atoms with van der Waals surface area (Å²) >= 11 is 0. The first kappa shape index (κ1) is 16.2. The molecule has 1 aromatic heterocycles. The molecular weight excluding hydrogens is 269 g/mol. The topological polar surface area (TPSA) is 46.2 Å². The Morgan fingerprint density at radius 2 is 2.00 bits per heavy atom. The first-order valence-corrected chi connectivity index (χ1v) is 7.53. The molecule has 118 valence electrons. The second kappa shape index (κ2) is 6.28. The van der Waals surface area contributed by atoms with E-state index in [1.807, 2.05) is 0 Å². The van der Waals surface area contributed by atoms with E-state index in [1.54, 1.807) is 12.3 Å². The van der Waals surface area contributed by atoms with Gasteiger partial charge in [-0.2, -0.15) is 0 Å². The largest absolute Gasteiger partial charge is 0.381 e. The fraction of sp³-hybridized carbons (Fsp3) is 0.688. The van der Waals surface area contributed by atoms with Crippen LogP contribution in [-0.4, -0.2) is 29.3 Å². The summed E-state index contributed by atoms with van der Waals surface area (Å²) in [5, 5.41) is 6.57. The number of pyridine rings is 1. The molecule has 0 spiro atoms. The van der Waals surface area contributed by atoms with Crippen LogP contribution in [0.4, 0.5) is 10.2 Å². The Hall–Kier alpha value is -1.20. The highest BCUT2D eigenvalue weighted by Gasteiger charge is 2.28. The van der Waals surface area contributed by atoms with Gasteiger partial charge in [-0.1, -0.05) is 0 Å². The Morgan fingerprint density at radius 1 is 1.33 bits per heavy atom. The Morgan fingerprint density at radius 3 is 2.62 bits per heavy atom. The van der Waals surface area contributed by atoms with Crippen LogP contribution in [0.15, 0.2) is 12.3 Å². The molecule has 1 aliphatic rings. The van der Waals surface area contributed by atoms with Gasteiger partial charge in [-0.05, 0) is 46.6 Å². The second-order valence-electron chi connectivity index (χ2n) is 7.03. The fourth-order valence-electron chi connectivity index (χ4n) is 2.30. The normalized spacial score (nSPS) is 18.5. The van der Waals surface area contributed by atoms with Crippen LogP contribution in [-0.2, 0) is 11.3 Å². The molecule has 1 saturated heterocycles. The molecule has 0 aliphatic carbocycles. The predicted octanol–water partition coefficient (Wildman–Crippen LogP) is 3.09. The van der Waals surface area contributed by atoms with Crippen molar-refractivity contribution in [1.29, 1.82) is 0 Å². The van der Waals surface area contributed by atoms with E-state index in [-0.39, 0.29) is 16.9 Å². The van der Waals surface area contributed by atoms with Crippen LogP contribution in [0, 0.1) is 5.82 Å². The second-order valence-corrected chi connectivity index (χ2v) is 7.03. The molecule has 5 heteroatoms. The lowest BCUT2D eigenvalue weighted by molar-refractivity contribution is 0.0656.